The zero-order chi connectivity index (χ0) is 37.3. The summed E-state index contributed by atoms with van der Waals surface area (Å²) in [4.78, 5) is 0. The van der Waals surface area contributed by atoms with Crippen LogP contribution in [0.2, 0.25) is 0 Å². The van der Waals surface area contributed by atoms with E-state index in [2.05, 4.69) is 177 Å². The number of hydrogen-bond acceptors (Lipinski definition) is 0. The van der Waals surface area contributed by atoms with Crippen molar-refractivity contribution < 1.29 is 0 Å². The quantitative estimate of drug-likeness (QED) is 0.265. The molecule has 0 spiro atoms. The maximum atomic E-state index is 2.63. The van der Waals surface area contributed by atoms with Crippen LogP contribution in [-0.4, -0.2) is 21.4 Å². The Morgan fingerprint density at radius 3 is 0.854 bits per heavy atom. The fraction of sp³-hybridized carbons (Fsp3) is 0.696. The molecule has 1 aliphatic rings. The lowest BCUT2D eigenvalue weighted by Crippen LogP contribution is -2.33. The van der Waals surface area contributed by atoms with Crippen molar-refractivity contribution in [2.24, 2.45) is 0 Å². The Labute approximate surface area is 301 Å². The van der Waals surface area contributed by atoms with Gasteiger partial charge in [-0.05, 0) is 109 Å². The summed E-state index contributed by atoms with van der Waals surface area (Å²) in [5.41, 5.74) is 14.3. The average molecular weight is 691 g/mol. The molecule has 0 amide bonds. The van der Waals surface area contributed by atoms with Gasteiger partial charge in [-0.3, -0.25) is 0 Å². The van der Waals surface area contributed by atoms with E-state index in [0.29, 0.717) is 11.3 Å². The topological polar surface area (TPSA) is 0 Å². The van der Waals surface area contributed by atoms with Crippen molar-refractivity contribution in [3.05, 3.63) is 68.8 Å². The summed E-state index contributed by atoms with van der Waals surface area (Å²) < 4.78 is 0. The molecule has 0 aromatic heterocycles. The third-order valence-electron chi connectivity index (χ3n) is 10.7. The van der Waals surface area contributed by atoms with Crippen molar-refractivity contribution in [3.63, 3.8) is 0 Å². The summed E-state index contributed by atoms with van der Waals surface area (Å²) in [6.07, 6.45) is 2.43. The lowest BCUT2D eigenvalue weighted by molar-refractivity contribution is 0.546. The minimum Gasteiger partial charge on any atom is -0.104 e. The second-order valence-corrected chi connectivity index (χ2v) is 27.0. The van der Waals surface area contributed by atoms with E-state index >= 15 is 0 Å². The van der Waals surface area contributed by atoms with Crippen LogP contribution in [0.15, 0.2) is 24.3 Å². The van der Waals surface area contributed by atoms with Crippen molar-refractivity contribution in [2.75, 3.05) is 0 Å². The monoisotopic (exact) mass is 691 g/mol. The second kappa shape index (κ2) is 13.5. The molecule has 0 saturated heterocycles. The van der Waals surface area contributed by atoms with E-state index in [-0.39, 0.29) is 32.5 Å². The Balaban J connectivity index is 2.85. The highest BCUT2D eigenvalue weighted by atomic mass is 31.2. The van der Waals surface area contributed by atoms with Gasteiger partial charge in [0.1, 0.15) is 0 Å². The van der Waals surface area contributed by atoms with Crippen LogP contribution in [0.4, 0.5) is 0 Å². The van der Waals surface area contributed by atoms with E-state index in [0.717, 1.165) is 0 Å². The van der Waals surface area contributed by atoms with Crippen LogP contribution in [0.1, 0.15) is 210 Å². The summed E-state index contributed by atoms with van der Waals surface area (Å²) in [6, 6.07) is 10.5. The third kappa shape index (κ3) is 8.18. The molecule has 1 aliphatic heterocycles. The Bertz CT molecular complexity index is 1420. The van der Waals surface area contributed by atoms with Crippen LogP contribution in [0.25, 0.3) is 0 Å². The summed E-state index contributed by atoms with van der Waals surface area (Å²) in [6.45, 7) is 54.0. The van der Waals surface area contributed by atoms with E-state index in [4.69, 9.17) is 0 Å². The first-order valence-corrected chi connectivity index (χ1v) is 21.9. The molecular weight excluding hydrogens is 614 g/mol. The van der Waals surface area contributed by atoms with Crippen LogP contribution < -0.4 is 0 Å². The lowest BCUT2D eigenvalue weighted by Gasteiger charge is -2.46. The van der Waals surface area contributed by atoms with Crippen molar-refractivity contribution in [3.8, 4) is 0 Å². The third-order valence-corrected chi connectivity index (χ3v) is 18.5. The van der Waals surface area contributed by atoms with Crippen LogP contribution >= 0.6 is 15.1 Å². The van der Waals surface area contributed by atoms with Crippen molar-refractivity contribution in [1.82, 2.24) is 0 Å². The van der Waals surface area contributed by atoms with Gasteiger partial charge in [0.2, 0.25) is 0 Å². The Morgan fingerprint density at radius 2 is 0.667 bits per heavy atom. The van der Waals surface area contributed by atoms with Gasteiger partial charge in [0.05, 0.1) is 0 Å². The maximum Gasteiger partial charge on any atom is 0.00901 e. The molecule has 2 aromatic carbocycles. The molecule has 2 atom stereocenters. The van der Waals surface area contributed by atoms with Gasteiger partial charge in [0.25, 0.3) is 0 Å². The molecule has 3 rings (SSSR count). The zero-order valence-electron chi connectivity index (χ0n) is 35.8. The summed E-state index contributed by atoms with van der Waals surface area (Å²) in [7, 11) is -0.966. The van der Waals surface area contributed by atoms with Crippen LogP contribution in [0.5, 0.6) is 0 Å². The fourth-order valence-electron chi connectivity index (χ4n) is 7.07. The molecule has 2 heteroatoms. The summed E-state index contributed by atoms with van der Waals surface area (Å²) in [5.74, 6) is 0. The van der Waals surface area contributed by atoms with E-state index in [1.807, 2.05) is 10.1 Å². The Hall–Kier alpha value is -1.09. The van der Waals surface area contributed by atoms with Crippen LogP contribution in [-0.2, 0) is 32.5 Å². The van der Waals surface area contributed by atoms with Crippen molar-refractivity contribution in [1.29, 1.82) is 0 Å². The number of hydrogen-bond donors (Lipinski definition) is 0. The highest BCUT2D eigenvalue weighted by Gasteiger charge is 2.44. The highest BCUT2D eigenvalue weighted by Crippen LogP contribution is 2.67. The first-order valence-electron chi connectivity index (χ1n) is 19.1. The molecule has 2 unspecified atom stereocenters. The minimum absolute atomic E-state index is 0.0494. The largest absolute Gasteiger partial charge is 0.104 e. The molecule has 48 heavy (non-hydrogen) atoms. The maximum absolute atomic E-state index is 2.63. The fourth-order valence-corrected chi connectivity index (χ4v) is 16.5. The summed E-state index contributed by atoms with van der Waals surface area (Å²) >= 11 is 0. The smallest absolute Gasteiger partial charge is 0.00901 e. The van der Waals surface area contributed by atoms with Gasteiger partial charge >= 0.3 is 0 Å². The SMILES string of the molecule is CCC(C)P1C(c2c(C(C)(C)C)cc(C(C)(C)C)cc2C(C)(C)C)=P(C(C)CC)=C1c1c(C(C)(C)C)cc(C(C)(C)C)cc1C(C)(C)C. The van der Waals surface area contributed by atoms with Gasteiger partial charge in [0, 0.05) is 10.1 Å². The van der Waals surface area contributed by atoms with E-state index < -0.39 is 15.1 Å². The standard InChI is InChI=1S/C46H76P2/c1-23-29(3)47-39(37-33(43(11,12)13)25-31(41(5,6)7)26-34(37)44(14,15)16)48(30(4)24-2)40(47)38-35(45(17,18)19)27-32(42(8,9)10)28-36(38)46(20,21)22/h25-30H,23-24H2,1-22H3. The molecule has 0 saturated carbocycles. The molecule has 0 bridgehead atoms. The minimum atomic E-state index is -0.483. The molecular formula is C46H76P2. The van der Waals surface area contributed by atoms with Gasteiger partial charge in [-0.15, -0.1) is 7.17 Å². The van der Waals surface area contributed by atoms with Gasteiger partial charge < -0.3 is 0 Å². The summed E-state index contributed by atoms with van der Waals surface area (Å²) in [5, 5.41) is 3.74. The van der Waals surface area contributed by atoms with E-state index in [1.54, 1.807) is 33.4 Å². The first-order chi connectivity index (χ1) is 21.4. The average Bonchev–Trinajstić information content (AvgIpc) is 2.88. The van der Waals surface area contributed by atoms with Crippen molar-refractivity contribution in [2.45, 2.75) is 209 Å². The molecule has 0 aliphatic carbocycles. The molecule has 0 N–H and O–H groups in total. The predicted molar refractivity (Wildman–Crippen MR) is 227 cm³/mol. The Morgan fingerprint density at radius 1 is 0.417 bits per heavy atom. The van der Waals surface area contributed by atoms with Crippen molar-refractivity contribution >= 4 is 25.2 Å². The molecule has 0 radical (unpaired) electrons. The second-order valence-electron chi connectivity index (χ2n) is 21.3. The predicted octanol–water partition coefficient (Wildman–Crippen LogP) is 14.7. The number of rotatable bonds is 6. The van der Waals surface area contributed by atoms with Gasteiger partial charge in [0.15, 0.2) is 0 Å². The molecule has 1 heterocycles. The van der Waals surface area contributed by atoms with Gasteiger partial charge in [-0.2, -0.15) is 0 Å². The van der Waals surface area contributed by atoms with Crippen LogP contribution in [0.3, 0.4) is 0 Å². The van der Waals surface area contributed by atoms with Gasteiger partial charge in [-0.25, -0.2) is 0 Å². The van der Waals surface area contributed by atoms with E-state index in [9.17, 15) is 0 Å². The van der Waals surface area contributed by atoms with Crippen LogP contribution in [0, 0.1) is 0 Å². The Kier molecular flexibility index (Phi) is 11.6. The van der Waals surface area contributed by atoms with Gasteiger partial charge in [-0.1, -0.05) is 177 Å². The first kappa shape index (κ1) is 41.3. The molecule has 270 valence electrons. The van der Waals surface area contributed by atoms with E-state index in [1.165, 1.54) is 24.0 Å². The lowest BCUT2D eigenvalue weighted by atomic mass is 9.72. The molecule has 2 aromatic rings. The molecule has 0 fully saturated rings. The normalized spacial score (nSPS) is 19.0. The number of benzene rings is 2. The highest BCUT2D eigenvalue weighted by molar-refractivity contribution is 8.15. The zero-order valence-corrected chi connectivity index (χ0v) is 37.6. The molecule has 0 nitrogen and oxygen atoms in total.